The highest BCUT2D eigenvalue weighted by Gasteiger charge is 2.45. The molecule has 2 aromatic carbocycles. The normalized spacial score (nSPS) is 18.8. The molecule has 8 nitrogen and oxygen atoms in total. The van der Waals surface area contributed by atoms with Crippen LogP contribution in [0.1, 0.15) is 16.8 Å². The van der Waals surface area contributed by atoms with Crippen LogP contribution >= 0.6 is 0 Å². The first-order valence-corrected chi connectivity index (χ1v) is 9.79. The van der Waals surface area contributed by atoms with Gasteiger partial charge in [0.15, 0.2) is 0 Å². The Kier molecular flexibility index (Phi) is 4.98. The molecule has 2 N–H and O–H groups in total. The van der Waals surface area contributed by atoms with Gasteiger partial charge in [-0.15, -0.1) is 0 Å². The lowest BCUT2D eigenvalue weighted by atomic mass is 10.1. The Bertz CT molecular complexity index is 1140. The number of carbonyl (C=O) groups is 3. The summed E-state index contributed by atoms with van der Waals surface area (Å²) in [5.41, 5.74) is 1.73. The van der Waals surface area contributed by atoms with Crippen molar-refractivity contribution in [2.75, 3.05) is 13.1 Å². The zero-order valence-electron chi connectivity index (χ0n) is 15.2. The molecule has 1 aromatic heterocycles. The van der Waals surface area contributed by atoms with E-state index >= 15 is 0 Å². The van der Waals surface area contributed by atoms with E-state index in [2.05, 4.69) is 5.32 Å². The van der Waals surface area contributed by atoms with Crippen molar-refractivity contribution in [3.8, 4) is 0 Å². The number of hydrogen-bond donors (Lipinski definition) is 2. The molecule has 9 heteroatoms. The lowest BCUT2D eigenvalue weighted by Gasteiger charge is -2.20. The monoisotopic (exact) mass is 413 g/mol. The minimum absolute atomic E-state index is 0.0623. The Morgan fingerprint density at radius 1 is 1.14 bits per heavy atom. The van der Waals surface area contributed by atoms with Crippen molar-refractivity contribution in [1.29, 1.82) is 0 Å². The van der Waals surface area contributed by atoms with E-state index in [1.54, 1.807) is 18.2 Å². The van der Waals surface area contributed by atoms with Gasteiger partial charge >= 0.3 is 17.6 Å². The summed E-state index contributed by atoms with van der Waals surface area (Å²) in [6.07, 6.45) is 0.105. The number of hydrogen-bond acceptors (Lipinski definition) is 5. The van der Waals surface area contributed by atoms with Gasteiger partial charge < -0.3 is 19.7 Å². The Labute approximate surface area is 168 Å². The summed E-state index contributed by atoms with van der Waals surface area (Å²) in [6.45, 7) is -0.282. The molecule has 0 radical (unpaired) electrons. The zero-order chi connectivity index (χ0) is 20.5. The van der Waals surface area contributed by atoms with E-state index in [0.717, 1.165) is 21.3 Å². The standard InChI is InChI=1S/C20H16N2O6S/c23-18(22-10-12(29-27)8-15(22)20(25)26)9-21-19(24)11-5-6-17-14(7-11)13-3-1-2-4-16(13)28-17/h1-7,12,15H,8-10H2,(H-,21,24,25,26)/p+1/t12-,15+/m1/s1. The summed E-state index contributed by atoms with van der Waals surface area (Å²) in [4.78, 5) is 37.4. The number of rotatable bonds is 5. The number of carboxylic acids is 1. The van der Waals surface area contributed by atoms with Gasteiger partial charge in [-0.3, -0.25) is 9.59 Å². The van der Waals surface area contributed by atoms with Crippen molar-refractivity contribution >= 4 is 51.4 Å². The summed E-state index contributed by atoms with van der Waals surface area (Å²) in [5.74, 6) is -2.14. The third-order valence-corrected chi connectivity index (χ3v) is 5.66. The van der Waals surface area contributed by atoms with Gasteiger partial charge in [0, 0.05) is 27.0 Å². The number of carboxylic acid groups (broad SMARTS) is 1. The molecular weight excluding hydrogens is 396 g/mol. The van der Waals surface area contributed by atoms with Gasteiger partial charge in [-0.2, -0.15) is 0 Å². The number of nitrogens with one attached hydrogen (secondary N) is 1. The lowest BCUT2D eigenvalue weighted by molar-refractivity contribution is -0.147. The molecule has 148 valence electrons. The second-order valence-corrected chi connectivity index (χ2v) is 7.71. The van der Waals surface area contributed by atoms with E-state index in [0.29, 0.717) is 22.8 Å². The molecule has 0 saturated carbocycles. The fourth-order valence-corrected chi connectivity index (χ4v) is 4.09. The number of likely N-dealkylation sites (tertiary alicyclic amines) is 1. The predicted octanol–water partition coefficient (Wildman–Crippen LogP) is 1.80. The van der Waals surface area contributed by atoms with Crippen LogP contribution in [0.5, 0.6) is 0 Å². The van der Waals surface area contributed by atoms with E-state index in [4.69, 9.17) is 4.42 Å². The molecule has 0 bridgehead atoms. The number of aliphatic carboxylic acids is 1. The van der Waals surface area contributed by atoms with E-state index in [-0.39, 0.29) is 19.5 Å². The maximum Gasteiger partial charge on any atom is 0.464 e. The smallest absolute Gasteiger partial charge is 0.464 e. The predicted molar refractivity (Wildman–Crippen MR) is 106 cm³/mol. The van der Waals surface area contributed by atoms with Crippen LogP contribution in [-0.4, -0.2) is 52.2 Å². The van der Waals surface area contributed by atoms with Gasteiger partial charge in [-0.1, -0.05) is 18.2 Å². The van der Waals surface area contributed by atoms with Gasteiger partial charge in [0.1, 0.15) is 17.2 Å². The van der Waals surface area contributed by atoms with Crippen molar-refractivity contribution < 1.29 is 28.1 Å². The highest BCUT2D eigenvalue weighted by atomic mass is 32.1. The molecule has 0 unspecified atom stereocenters. The number of nitrogens with zero attached hydrogens (tertiary/aromatic N) is 1. The van der Waals surface area contributed by atoms with Gasteiger partial charge in [-0.05, 0) is 24.3 Å². The van der Waals surface area contributed by atoms with Gasteiger partial charge in [0.2, 0.25) is 5.91 Å². The highest BCUT2D eigenvalue weighted by molar-refractivity contribution is 7.66. The minimum atomic E-state index is -1.15. The van der Waals surface area contributed by atoms with E-state index < -0.39 is 29.1 Å². The number of carbonyl (C=O) groups excluding carboxylic acids is 2. The van der Waals surface area contributed by atoms with Crippen molar-refractivity contribution in [2.45, 2.75) is 17.7 Å². The molecule has 1 saturated heterocycles. The maximum atomic E-state index is 12.5. The van der Waals surface area contributed by atoms with Crippen molar-refractivity contribution in [1.82, 2.24) is 10.2 Å². The molecule has 1 aliphatic heterocycles. The largest absolute Gasteiger partial charge is 0.480 e. The molecular formula is C20H17N2O6S+. The van der Waals surface area contributed by atoms with Crippen LogP contribution in [-0.2, 0) is 25.5 Å². The molecule has 1 fully saturated rings. The second kappa shape index (κ2) is 7.59. The summed E-state index contributed by atoms with van der Waals surface area (Å²) < 4.78 is 16.7. The van der Waals surface area contributed by atoms with E-state index in [1.807, 2.05) is 24.3 Å². The summed E-state index contributed by atoms with van der Waals surface area (Å²) in [5, 5.41) is 13.0. The van der Waals surface area contributed by atoms with Crippen molar-refractivity contribution in [3.05, 3.63) is 48.0 Å². The quantitative estimate of drug-likeness (QED) is 0.616. The first kappa shape index (κ1) is 19.0. The van der Waals surface area contributed by atoms with Crippen LogP contribution in [0, 0.1) is 0 Å². The van der Waals surface area contributed by atoms with Gasteiger partial charge in [0.25, 0.3) is 11.2 Å². The number of benzene rings is 2. The number of furan rings is 1. The van der Waals surface area contributed by atoms with Crippen molar-refractivity contribution in [3.63, 3.8) is 0 Å². The topological polar surface area (TPSA) is 117 Å². The van der Waals surface area contributed by atoms with Crippen LogP contribution in [0.15, 0.2) is 46.9 Å². The van der Waals surface area contributed by atoms with Crippen LogP contribution in [0.3, 0.4) is 0 Å². The Hall–Kier alpha value is -3.33. The molecule has 0 spiro atoms. The third-order valence-electron chi connectivity index (χ3n) is 5.04. The highest BCUT2D eigenvalue weighted by Crippen LogP contribution is 2.29. The average Bonchev–Trinajstić information content (AvgIpc) is 3.33. The van der Waals surface area contributed by atoms with Crippen LogP contribution in [0.25, 0.3) is 21.9 Å². The fourth-order valence-electron chi connectivity index (χ4n) is 3.60. The average molecular weight is 413 g/mol. The second-order valence-electron chi connectivity index (χ2n) is 6.85. The van der Waals surface area contributed by atoms with Crippen LogP contribution in [0.2, 0.25) is 0 Å². The van der Waals surface area contributed by atoms with Gasteiger partial charge in [-0.25, -0.2) is 4.79 Å². The first-order chi connectivity index (χ1) is 14.0. The van der Waals surface area contributed by atoms with E-state index in [9.17, 15) is 23.7 Å². The minimum Gasteiger partial charge on any atom is -0.480 e. The Morgan fingerprint density at radius 2 is 1.90 bits per heavy atom. The summed E-state index contributed by atoms with van der Waals surface area (Å²) in [6, 6.07) is 11.4. The van der Waals surface area contributed by atoms with Crippen LogP contribution < -0.4 is 5.32 Å². The summed E-state index contributed by atoms with van der Waals surface area (Å²) in [7, 11) is 0. The SMILES string of the molecule is O=[S+][C@@H]1C[C@@H](C(=O)O)N(C(=O)CNC(=O)c2ccc3oc4ccccc4c3c2)C1. The molecule has 0 aliphatic carbocycles. The number of fused-ring (bicyclic) bond motifs is 3. The number of para-hydroxylation sites is 1. The molecule has 1 aliphatic rings. The summed E-state index contributed by atoms with van der Waals surface area (Å²) >= 11 is 0.295. The Balaban J connectivity index is 1.48. The molecule has 2 atom stereocenters. The molecule has 3 aromatic rings. The lowest BCUT2D eigenvalue weighted by Crippen LogP contribution is -2.45. The third kappa shape index (κ3) is 3.56. The molecule has 29 heavy (non-hydrogen) atoms. The molecule has 4 rings (SSSR count). The zero-order valence-corrected chi connectivity index (χ0v) is 16.0. The van der Waals surface area contributed by atoms with Crippen molar-refractivity contribution in [2.24, 2.45) is 0 Å². The maximum absolute atomic E-state index is 12.5. The molecule has 2 amide bonds. The van der Waals surface area contributed by atoms with Gasteiger partial charge in [0.05, 0.1) is 13.1 Å². The van der Waals surface area contributed by atoms with Crippen LogP contribution in [0.4, 0.5) is 0 Å². The van der Waals surface area contributed by atoms with E-state index in [1.165, 1.54) is 0 Å². The molecule has 2 heterocycles. The number of amides is 2. The Morgan fingerprint density at radius 3 is 2.66 bits per heavy atom. The fraction of sp³-hybridized carbons (Fsp3) is 0.250. The first-order valence-electron chi connectivity index (χ1n) is 8.98.